The second-order valence-corrected chi connectivity index (χ2v) is 8.80. The maximum Gasteiger partial charge on any atom is 0.347 e. The minimum absolute atomic E-state index is 0.138. The molecule has 0 saturated heterocycles. The number of carbonyl (C=O) groups excluding carboxylic acids is 1. The second-order valence-electron chi connectivity index (χ2n) is 8.80. The van der Waals surface area contributed by atoms with Gasteiger partial charge in [-0.15, -0.1) is 0 Å². The van der Waals surface area contributed by atoms with E-state index in [0.29, 0.717) is 18.6 Å². The van der Waals surface area contributed by atoms with E-state index in [1.54, 1.807) is 6.07 Å². The minimum atomic E-state index is -1.29. The number of ether oxygens (including phenoxy) is 1. The van der Waals surface area contributed by atoms with Crippen LogP contribution in [0, 0.1) is 6.92 Å². The number of carboxylic acid groups (broad SMARTS) is 1. The van der Waals surface area contributed by atoms with Crippen LogP contribution in [0.4, 0.5) is 0 Å². The van der Waals surface area contributed by atoms with E-state index in [-0.39, 0.29) is 5.78 Å². The molecule has 168 valence electrons. The van der Waals surface area contributed by atoms with Crippen LogP contribution in [0.1, 0.15) is 86.3 Å². The lowest BCUT2D eigenvalue weighted by atomic mass is 9.99. The van der Waals surface area contributed by atoms with Crippen LogP contribution >= 0.6 is 0 Å². The smallest absolute Gasteiger partial charge is 0.347 e. The fourth-order valence-electron chi connectivity index (χ4n) is 3.49. The average molecular weight is 425 g/mol. The highest BCUT2D eigenvalue weighted by atomic mass is 16.5. The zero-order chi connectivity index (χ0) is 22.9. The number of aliphatic carboxylic acids is 1. The van der Waals surface area contributed by atoms with Gasteiger partial charge in [0.2, 0.25) is 0 Å². The molecule has 0 amide bonds. The van der Waals surface area contributed by atoms with Gasteiger partial charge in [-0.25, -0.2) is 4.79 Å². The number of carbonyl (C=O) groups is 2. The number of aryl methyl sites for hydroxylation is 3. The molecule has 0 atom stereocenters. The highest BCUT2D eigenvalue weighted by Crippen LogP contribution is 2.25. The molecule has 0 fully saturated rings. The molecule has 4 heteroatoms. The number of benzene rings is 2. The van der Waals surface area contributed by atoms with Gasteiger partial charge in [-0.3, -0.25) is 4.79 Å². The highest BCUT2D eigenvalue weighted by molar-refractivity contribution is 5.96. The predicted molar refractivity (Wildman–Crippen MR) is 125 cm³/mol. The Balaban J connectivity index is 1.86. The summed E-state index contributed by atoms with van der Waals surface area (Å²) in [5.74, 6) is -0.323. The third-order valence-corrected chi connectivity index (χ3v) is 5.61. The maximum absolute atomic E-state index is 12.6. The van der Waals surface area contributed by atoms with Gasteiger partial charge in [0, 0.05) is 12.0 Å². The summed E-state index contributed by atoms with van der Waals surface area (Å²) in [4.78, 5) is 23.9. The van der Waals surface area contributed by atoms with Gasteiger partial charge in [0.1, 0.15) is 5.75 Å². The summed E-state index contributed by atoms with van der Waals surface area (Å²) in [6.07, 6.45) is 8.50. The molecule has 0 aliphatic heterocycles. The Morgan fingerprint density at radius 2 is 1.55 bits per heavy atom. The molecule has 2 aromatic rings. The van der Waals surface area contributed by atoms with Crippen molar-refractivity contribution in [3.05, 3.63) is 64.7 Å². The molecule has 1 N–H and O–H groups in total. The molecule has 0 radical (unpaired) electrons. The van der Waals surface area contributed by atoms with Gasteiger partial charge in [0.15, 0.2) is 11.4 Å². The number of hydrogen-bond donors (Lipinski definition) is 1. The largest absolute Gasteiger partial charge is 0.478 e. The molecule has 31 heavy (non-hydrogen) atoms. The van der Waals surface area contributed by atoms with Crippen molar-refractivity contribution in [1.82, 2.24) is 0 Å². The zero-order valence-electron chi connectivity index (χ0n) is 19.4. The zero-order valence-corrected chi connectivity index (χ0v) is 19.4. The Morgan fingerprint density at radius 1 is 0.903 bits per heavy atom. The molecule has 0 spiro atoms. The maximum atomic E-state index is 12.6. The lowest BCUT2D eigenvalue weighted by Crippen LogP contribution is -2.38. The fourth-order valence-corrected chi connectivity index (χ4v) is 3.49. The van der Waals surface area contributed by atoms with E-state index in [9.17, 15) is 14.7 Å². The summed E-state index contributed by atoms with van der Waals surface area (Å²) in [5.41, 5.74) is 2.67. The molecule has 0 heterocycles. The van der Waals surface area contributed by atoms with Gasteiger partial charge in [-0.2, -0.15) is 0 Å². The first kappa shape index (κ1) is 24.6. The first-order valence-corrected chi connectivity index (χ1v) is 11.4. The van der Waals surface area contributed by atoms with Gasteiger partial charge in [-0.1, -0.05) is 69.0 Å². The number of rotatable bonds is 13. The fraction of sp³-hybridized carbons (Fsp3) is 0.481. The van der Waals surface area contributed by atoms with E-state index >= 15 is 0 Å². The third kappa shape index (κ3) is 7.86. The van der Waals surface area contributed by atoms with Gasteiger partial charge in [-0.05, 0) is 62.8 Å². The average Bonchev–Trinajstić information content (AvgIpc) is 2.74. The number of ketones is 1. The van der Waals surface area contributed by atoms with E-state index in [1.165, 1.54) is 51.5 Å². The van der Waals surface area contributed by atoms with Crippen LogP contribution in [0.2, 0.25) is 0 Å². The SMILES string of the molecule is CCCCCCCc1ccc(C(=O)CCc2ccc(OC(C)(C)C(=O)O)c(C)c2)cc1. The van der Waals surface area contributed by atoms with Crippen molar-refractivity contribution in [2.45, 2.75) is 84.7 Å². The molecule has 4 nitrogen and oxygen atoms in total. The van der Waals surface area contributed by atoms with Crippen molar-refractivity contribution in [3.8, 4) is 5.75 Å². The number of Topliss-reactive ketones (excluding diaryl/α,β-unsaturated/α-hetero) is 1. The van der Waals surface area contributed by atoms with Crippen LogP contribution in [0.3, 0.4) is 0 Å². The van der Waals surface area contributed by atoms with Crippen molar-refractivity contribution in [3.63, 3.8) is 0 Å². The van der Waals surface area contributed by atoms with Gasteiger partial charge in [0.05, 0.1) is 0 Å². The Labute approximate surface area is 186 Å². The van der Waals surface area contributed by atoms with Crippen molar-refractivity contribution in [1.29, 1.82) is 0 Å². The normalized spacial score (nSPS) is 11.4. The van der Waals surface area contributed by atoms with Crippen molar-refractivity contribution >= 4 is 11.8 Å². The van der Waals surface area contributed by atoms with Crippen molar-refractivity contribution < 1.29 is 19.4 Å². The third-order valence-electron chi connectivity index (χ3n) is 5.61. The lowest BCUT2D eigenvalue weighted by Gasteiger charge is -2.23. The highest BCUT2D eigenvalue weighted by Gasteiger charge is 2.29. The quantitative estimate of drug-likeness (QED) is 0.292. The molecule has 0 bridgehead atoms. The van der Waals surface area contributed by atoms with Gasteiger partial charge >= 0.3 is 5.97 Å². The molecule has 0 aliphatic rings. The van der Waals surface area contributed by atoms with E-state index < -0.39 is 11.6 Å². The van der Waals surface area contributed by atoms with Crippen LogP contribution in [-0.4, -0.2) is 22.5 Å². The minimum Gasteiger partial charge on any atom is -0.478 e. The van der Waals surface area contributed by atoms with E-state index in [2.05, 4.69) is 19.1 Å². The van der Waals surface area contributed by atoms with Crippen LogP contribution in [0.5, 0.6) is 5.75 Å². The van der Waals surface area contributed by atoms with E-state index in [1.807, 2.05) is 31.2 Å². The van der Waals surface area contributed by atoms with Crippen LogP contribution < -0.4 is 4.74 Å². The Morgan fingerprint density at radius 3 is 2.16 bits per heavy atom. The summed E-state index contributed by atoms with van der Waals surface area (Å²) < 4.78 is 5.64. The first-order chi connectivity index (χ1) is 14.7. The second kappa shape index (κ2) is 11.7. The van der Waals surface area contributed by atoms with Gasteiger partial charge in [0.25, 0.3) is 0 Å². The lowest BCUT2D eigenvalue weighted by molar-refractivity contribution is -0.152. The van der Waals surface area contributed by atoms with Crippen LogP contribution in [0.25, 0.3) is 0 Å². The monoisotopic (exact) mass is 424 g/mol. The summed E-state index contributed by atoms with van der Waals surface area (Å²) in [6, 6.07) is 13.7. The Bertz CT molecular complexity index is 865. The summed E-state index contributed by atoms with van der Waals surface area (Å²) >= 11 is 0. The van der Waals surface area contributed by atoms with E-state index in [4.69, 9.17) is 4.74 Å². The van der Waals surface area contributed by atoms with Crippen LogP contribution in [-0.2, 0) is 17.6 Å². The molecular formula is C27H36O4. The summed E-state index contributed by atoms with van der Waals surface area (Å²) in [7, 11) is 0. The van der Waals surface area contributed by atoms with E-state index in [0.717, 1.165) is 23.1 Å². The predicted octanol–water partition coefficient (Wildman–Crippen LogP) is 6.57. The molecule has 0 saturated carbocycles. The number of carboxylic acids is 1. The molecule has 0 unspecified atom stereocenters. The van der Waals surface area contributed by atoms with Gasteiger partial charge < -0.3 is 9.84 Å². The summed E-state index contributed by atoms with van der Waals surface area (Å²) in [5, 5.41) is 9.23. The topological polar surface area (TPSA) is 63.6 Å². The molecule has 0 aliphatic carbocycles. The van der Waals surface area contributed by atoms with Crippen molar-refractivity contribution in [2.24, 2.45) is 0 Å². The summed E-state index contributed by atoms with van der Waals surface area (Å²) in [6.45, 7) is 7.17. The first-order valence-electron chi connectivity index (χ1n) is 11.4. The Hall–Kier alpha value is -2.62. The molecule has 2 rings (SSSR count). The van der Waals surface area contributed by atoms with Crippen LogP contribution in [0.15, 0.2) is 42.5 Å². The number of unbranched alkanes of at least 4 members (excludes halogenated alkanes) is 4. The standard InChI is InChI=1S/C27H36O4/c1-5-6-7-8-9-10-21-11-15-23(16-12-21)24(28)17-13-22-14-18-25(20(2)19-22)31-27(3,4)26(29)30/h11-12,14-16,18-19H,5-10,13,17H2,1-4H3,(H,29,30). The van der Waals surface area contributed by atoms with Crippen molar-refractivity contribution in [2.75, 3.05) is 0 Å². The Kier molecular flexibility index (Phi) is 9.29. The molecular weight excluding hydrogens is 388 g/mol. The molecule has 2 aromatic carbocycles. The molecule has 0 aromatic heterocycles. The number of hydrogen-bond acceptors (Lipinski definition) is 3.